The summed E-state index contributed by atoms with van der Waals surface area (Å²) in [5.41, 5.74) is 1.89. The summed E-state index contributed by atoms with van der Waals surface area (Å²) in [7, 11) is 0. The minimum atomic E-state index is -1.20. The average molecular weight is 230 g/mol. The van der Waals surface area contributed by atoms with Crippen LogP contribution in [-0.2, 0) is 4.79 Å². The standard InChI is InChI=1S/C13H14N2O2/c1-9-2-4-11(5-3-9)15-7-6-10(8-14)12(16)13(15)17/h2-5,10,12,16H,6-7H2,1H3. The molecular formula is C13H14N2O2. The predicted octanol–water partition coefficient (Wildman–Crippen LogP) is 1.23. The van der Waals surface area contributed by atoms with Crippen LogP contribution in [0.4, 0.5) is 5.69 Å². The Bertz CT molecular complexity index is 461. The zero-order chi connectivity index (χ0) is 12.4. The van der Waals surface area contributed by atoms with E-state index in [1.165, 1.54) is 4.90 Å². The molecule has 1 aromatic rings. The van der Waals surface area contributed by atoms with Crippen molar-refractivity contribution >= 4 is 11.6 Å². The lowest BCUT2D eigenvalue weighted by Crippen LogP contribution is -2.48. The number of anilines is 1. The third kappa shape index (κ3) is 2.15. The SMILES string of the molecule is Cc1ccc(N2CCC(C#N)C(O)C2=O)cc1. The topological polar surface area (TPSA) is 64.3 Å². The van der Waals surface area contributed by atoms with Gasteiger partial charge in [0, 0.05) is 12.2 Å². The highest BCUT2D eigenvalue weighted by molar-refractivity contribution is 5.97. The van der Waals surface area contributed by atoms with Gasteiger partial charge in [0.05, 0.1) is 12.0 Å². The molecule has 88 valence electrons. The Balaban J connectivity index is 2.22. The van der Waals surface area contributed by atoms with Crippen LogP contribution in [-0.4, -0.2) is 23.7 Å². The van der Waals surface area contributed by atoms with E-state index in [1.54, 1.807) is 0 Å². The van der Waals surface area contributed by atoms with Gasteiger partial charge in [-0.1, -0.05) is 17.7 Å². The molecule has 0 aliphatic carbocycles. The molecule has 1 saturated heterocycles. The van der Waals surface area contributed by atoms with Gasteiger partial charge in [0.15, 0.2) is 0 Å². The molecule has 2 unspecified atom stereocenters. The fourth-order valence-electron chi connectivity index (χ4n) is 1.98. The third-order valence-electron chi connectivity index (χ3n) is 3.08. The number of aryl methyl sites for hydroxylation is 1. The van der Waals surface area contributed by atoms with Crippen LogP contribution < -0.4 is 4.90 Å². The van der Waals surface area contributed by atoms with Crippen LogP contribution in [0, 0.1) is 24.2 Å². The number of hydrogen-bond donors (Lipinski definition) is 1. The van der Waals surface area contributed by atoms with Crippen molar-refractivity contribution in [2.24, 2.45) is 5.92 Å². The van der Waals surface area contributed by atoms with Crippen molar-refractivity contribution in [1.29, 1.82) is 5.26 Å². The van der Waals surface area contributed by atoms with Gasteiger partial charge in [-0.15, -0.1) is 0 Å². The first-order chi connectivity index (χ1) is 8.13. The van der Waals surface area contributed by atoms with Crippen LogP contribution in [0.2, 0.25) is 0 Å². The molecule has 1 heterocycles. The molecule has 1 aliphatic rings. The number of benzene rings is 1. The molecule has 2 rings (SSSR count). The average Bonchev–Trinajstić information content (AvgIpc) is 2.34. The van der Waals surface area contributed by atoms with Crippen molar-refractivity contribution < 1.29 is 9.90 Å². The number of amides is 1. The Hall–Kier alpha value is -1.86. The summed E-state index contributed by atoms with van der Waals surface area (Å²) in [4.78, 5) is 13.4. The van der Waals surface area contributed by atoms with E-state index in [2.05, 4.69) is 0 Å². The van der Waals surface area contributed by atoms with Gasteiger partial charge in [-0.3, -0.25) is 4.79 Å². The number of hydrogen-bond acceptors (Lipinski definition) is 3. The van der Waals surface area contributed by atoms with E-state index < -0.39 is 12.0 Å². The van der Waals surface area contributed by atoms with Crippen molar-refractivity contribution in [3.05, 3.63) is 29.8 Å². The molecule has 1 amide bonds. The summed E-state index contributed by atoms with van der Waals surface area (Å²) in [6.07, 6.45) is -0.688. The molecule has 2 atom stereocenters. The first-order valence-corrected chi connectivity index (χ1v) is 5.59. The smallest absolute Gasteiger partial charge is 0.257 e. The minimum absolute atomic E-state index is 0.383. The first-order valence-electron chi connectivity index (χ1n) is 5.59. The highest BCUT2D eigenvalue weighted by atomic mass is 16.3. The van der Waals surface area contributed by atoms with Crippen molar-refractivity contribution in [3.8, 4) is 6.07 Å². The Morgan fingerprint density at radius 3 is 2.65 bits per heavy atom. The van der Waals surface area contributed by atoms with Crippen molar-refractivity contribution in [2.45, 2.75) is 19.4 Å². The maximum atomic E-state index is 11.9. The van der Waals surface area contributed by atoms with E-state index in [1.807, 2.05) is 37.3 Å². The van der Waals surface area contributed by atoms with Crippen LogP contribution >= 0.6 is 0 Å². The highest BCUT2D eigenvalue weighted by Crippen LogP contribution is 2.24. The molecule has 0 aromatic heterocycles. The second-order valence-electron chi connectivity index (χ2n) is 4.29. The van der Waals surface area contributed by atoms with Gasteiger partial charge in [-0.2, -0.15) is 5.26 Å². The Morgan fingerprint density at radius 2 is 2.06 bits per heavy atom. The Morgan fingerprint density at radius 1 is 1.41 bits per heavy atom. The molecule has 17 heavy (non-hydrogen) atoms. The molecule has 1 aliphatic heterocycles. The van der Waals surface area contributed by atoms with E-state index in [0.29, 0.717) is 13.0 Å². The van der Waals surface area contributed by atoms with E-state index in [-0.39, 0.29) is 5.91 Å². The van der Waals surface area contributed by atoms with Gasteiger partial charge in [0.2, 0.25) is 0 Å². The lowest BCUT2D eigenvalue weighted by atomic mass is 9.94. The van der Waals surface area contributed by atoms with E-state index in [0.717, 1.165) is 11.3 Å². The Labute approximate surface area is 100 Å². The van der Waals surface area contributed by atoms with Gasteiger partial charge < -0.3 is 10.0 Å². The van der Waals surface area contributed by atoms with Crippen molar-refractivity contribution in [3.63, 3.8) is 0 Å². The number of carbonyl (C=O) groups excluding carboxylic acids is 1. The number of piperidine rings is 1. The maximum absolute atomic E-state index is 11.9. The molecule has 1 fully saturated rings. The summed E-state index contributed by atoms with van der Waals surface area (Å²) in [5, 5.41) is 18.5. The Kier molecular flexibility index (Phi) is 3.12. The van der Waals surface area contributed by atoms with Crippen LogP contribution in [0.15, 0.2) is 24.3 Å². The quantitative estimate of drug-likeness (QED) is 0.789. The summed E-state index contributed by atoms with van der Waals surface area (Å²) in [5.74, 6) is -0.962. The second-order valence-corrected chi connectivity index (χ2v) is 4.29. The lowest BCUT2D eigenvalue weighted by Gasteiger charge is -2.32. The molecule has 0 bridgehead atoms. The molecule has 0 radical (unpaired) electrons. The molecule has 0 saturated carbocycles. The fraction of sp³-hybridized carbons (Fsp3) is 0.385. The van der Waals surface area contributed by atoms with E-state index in [4.69, 9.17) is 5.26 Å². The molecule has 1 aromatic carbocycles. The molecule has 1 N–H and O–H groups in total. The summed E-state index contributed by atoms with van der Waals surface area (Å²) in [6.45, 7) is 2.46. The fourth-order valence-corrected chi connectivity index (χ4v) is 1.98. The van der Waals surface area contributed by atoms with Crippen molar-refractivity contribution in [1.82, 2.24) is 0 Å². The molecule has 0 spiro atoms. The van der Waals surface area contributed by atoms with Crippen LogP contribution in [0.3, 0.4) is 0 Å². The van der Waals surface area contributed by atoms with Gasteiger partial charge in [-0.05, 0) is 25.5 Å². The van der Waals surface area contributed by atoms with Crippen molar-refractivity contribution in [2.75, 3.05) is 11.4 Å². The third-order valence-corrected chi connectivity index (χ3v) is 3.08. The zero-order valence-corrected chi connectivity index (χ0v) is 9.63. The minimum Gasteiger partial charge on any atom is -0.382 e. The van der Waals surface area contributed by atoms with E-state index >= 15 is 0 Å². The number of carbonyl (C=O) groups is 1. The molecule has 4 heteroatoms. The maximum Gasteiger partial charge on any atom is 0.257 e. The number of nitriles is 1. The number of nitrogens with zero attached hydrogens (tertiary/aromatic N) is 2. The number of aliphatic hydroxyl groups excluding tert-OH is 1. The molecular weight excluding hydrogens is 216 g/mol. The summed E-state index contributed by atoms with van der Waals surface area (Å²) >= 11 is 0. The highest BCUT2D eigenvalue weighted by Gasteiger charge is 2.35. The monoisotopic (exact) mass is 230 g/mol. The predicted molar refractivity (Wildman–Crippen MR) is 63.3 cm³/mol. The van der Waals surface area contributed by atoms with Crippen LogP contribution in [0.5, 0.6) is 0 Å². The molecule has 4 nitrogen and oxygen atoms in total. The first kappa shape index (κ1) is 11.6. The normalized spacial score (nSPS) is 24.5. The lowest BCUT2D eigenvalue weighted by molar-refractivity contribution is -0.130. The second kappa shape index (κ2) is 4.56. The zero-order valence-electron chi connectivity index (χ0n) is 9.63. The summed E-state index contributed by atoms with van der Waals surface area (Å²) < 4.78 is 0. The van der Waals surface area contributed by atoms with Gasteiger partial charge >= 0.3 is 0 Å². The van der Waals surface area contributed by atoms with Gasteiger partial charge in [0.25, 0.3) is 5.91 Å². The van der Waals surface area contributed by atoms with E-state index in [9.17, 15) is 9.90 Å². The number of rotatable bonds is 1. The van der Waals surface area contributed by atoms with Crippen LogP contribution in [0.1, 0.15) is 12.0 Å². The van der Waals surface area contributed by atoms with Gasteiger partial charge in [0.1, 0.15) is 6.10 Å². The van der Waals surface area contributed by atoms with Gasteiger partial charge in [-0.25, -0.2) is 0 Å². The number of aliphatic hydroxyl groups is 1. The van der Waals surface area contributed by atoms with Crippen LogP contribution in [0.25, 0.3) is 0 Å². The largest absolute Gasteiger partial charge is 0.382 e. The summed E-state index contributed by atoms with van der Waals surface area (Å²) in [6, 6.07) is 9.52.